The molecule has 0 aliphatic carbocycles. The Bertz CT molecular complexity index is 1000. The number of hydrogen-bond donors (Lipinski definition) is 8. The van der Waals surface area contributed by atoms with Crippen molar-refractivity contribution in [3.05, 3.63) is 0 Å². The van der Waals surface area contributed by atoms with E-state index in [0.29, 0.717) is 6.42 Å². The molecule has 0 saturated carbocycles. The van der Waals surface area contributed by atoms with Crippen LogP contribution in [0.1, 0.15) is 68.7 Å². The van der Waals surface area contributed by atoms with Crippen LogP contribution in [0.5, 0.6) is 0 Å². The highest BCUT2D eigenvalue weighted by Gasteiger charge is 2.34. The van der Waals surface area contributed by atoms with Crippen LogP contribution in [-0.2, 0) is 33.6 Å². The van der Waals surface area contributed by atoms with Crippen molar-refractivity contribution in [3.8, 4) is 0 Å². The molecule has 15 heteroatoms. The number of rotatable bonds is 18. The molecule has 0 bridgehead atoms. The smallest absolute Gasteiger partial charge is 0.325 e. The van der Waals surface area contributed by atoms with Crippen molar-refractivity contribution in [3.63, 3.8) is 0 Å². The van der Waals surface area contributed by atoms with Gasteiger partial charge in [-0.1, -0.05) is 61.8 Å². The van der Waals surface area contributed by atoms with E-state index in [9.17, 15) is 33.6 Å². The Morgan fingerprint density at radius 1 is 0.581 bits per heavy atom. The fourth-order valence-corrected chi connectivity index (χ4v) is 3.68. The fourth-order valence-electron chi connectivity index (χ4n) is 3.68. The number of carbonyl (C=O) groups excluding carboxylic acids is 6. The minimum atomic E-state index is -1.23. The number of aliphatic carboxylic acids is 1. The minimum absolute atomic E-state index is 0.122. The molecule has 0 aromatic heterocycles. The Hall–Kier alpha value is -3.75. The highest BCUT2D eigenvalue weighted by molar-refractivity contribution is 5.96. The van der Waals surface area contributed by atoms with Gasteiger partial charge in [-0.15, -0.1) is 0 Å². The summed E-state index contributed by atoms with van der Waals surface area (Å²) >= 11 is 0. The number of hydrogen-bond acceptors (Lipinski definition) is 8. The predicted molar refractivity (Wildman–Crippen MR) is 159 cm³/mol. The van der Waals surface area contributed by atoms with Gasteiger partial charge in [0.05, 0.1) is 19.1 Å². The van der Waals surface area contributed by atoms with Gasteiger partial charge in [0.1, 0.15) is 24.2 Å². The second-order valence-electron chi connectivity index (χ2n) is 11.7. The van der Waals surface area contributed by atoms with Gasteiger partial charge in [0.2, 0.25) is 35.4 Å². The maximum absolute atomic E-state index is 13.3. The van der Waals surface area contributed by atoms with Crippen molar-refractivity contribution in [2.75, 3.05) is 13.1 Å². The van der Waals surface area contributed by atoms with Gasteiger partial charge >= 0.3 is 5.97 Å². The molecule has 0 radical (unpaired) electrons. The Morgan fingerprint density at radius 2 is 1.02 bits per heavy atom. The van der Waals surface area contributed by atoms with E-state index in [1.807, 2.05) is 6.92 Å². The molecule has 0 unspecified atom stereocenters. The summed E-state index contributed by atoms with van der Waals surface area (Å²) in [4.78, 5) is 86.9. The first-order valence-corrected chi connectivity index (χ1v) is 14.6. The zero-order valence-corrected chi connectivity index (χ0v) is 26.7. The largest absolute Gasteiger partial charge is 0.480 e. The number of nitrogens with one attached hydrogen (secondary N) is 6. The zero-order valence-electron chi connectivity index (χ0n) is 26.7. The lowest BCUT2D eigenvalue weighted by atomic mass is 9.95. The second-order valence-corrected chi connectivity index (χ2v) is 11.7. The first kappa shape index (κ1) is 39.2. The zero-order chi connectivity index (χ0) is 33.6. The van der Waals surface area contributed by atoms with E-state index in [2.05, 4.69) is 31.9 Å². The van der Waals surface area contributed by atoms with E-state index in [1.54, 1.807) is 48.5 Å². The lowest BCUT2D eigenvalue weighted by Gasteiger charge is -2.30. The van der Waals surface area contributed by atoms with Crippen LogP contribution >= 0.6 is 0 Å². The van der Waals surface area contributed by atoms with Crippen LogP contribution in [-0.4, -0.2) is 89.8 Å². The molecular formula is C28H51N7O8. The van der Waals surface area contributed by atoms with Gasteiger partial charge in [-0.05, 0) is 30.6 Å². The van der Waals surface area contributed by atoms with Crippen molar-refractivity contribution in [1.82, 2.24) is 31.9 Å². The van der Waals surface area contributed by atoms with Gasteiger partial charge < -0.3 is 42.7 Å². The van der Waals surface area contributed by atoms with Gasteiger partial charge in [0.15, 0.2) is 0 Å². The molecule has 15 nitrogen and oxygen atoms in total. The first-order valence-electron chi connectivity index (χ1n) is 14.6. The molecule has 6 amide bonds. The summed E-state index contributed by atoms with van der Waals surface area (Å²) in [7, 11) is 0. The average molecular weight is 614 g/mol. The SMILES string of the molecule is CC[C@H](C)[C@H](NC(=O)[C@@H](NC(=O)[C@@H](NC(=O)CNC(=O)CNC(=O)[C@@H](N)C(C)C)C(C)C)C(C)C)C(=O)N[C@@H](C)C(=O)O. The van der Waals surface area contributed by atoms with Crippen LogP contribution in [0.4, 0.5) is 0 Å². The van der Waals surface area contributed by atoms with E-state index in [4.69, 9.17) is 10.8 Å². The molecule has 0 aliphatic heterocycles. The van der Waals surface area contributed by atoms with Crippen LogP contribution in [0.25, 0.3) is 0 Å². The van der Waals surface area contributed by atoms with E-state index >= 15 is 0 Å². The summed E-state index contributed by atoms with van der Waals surface area (Å²) in [6, 6.07) is -5.14. The number of carboxylic acids is 1. The summed E-state index contributed by atoms with van der Waals surface area (Å²) in [6.45, 7) is 14.3. The topological polar surface area (TPSA) is 238 Å². The van der Waals surface area contributed by atoms with Crippen LogP contribution in [0.2, 0.25) is 0 Å². The normalized spacial score (nSPS) is 15.4. The predicted octanol–water partition coefficient (Wildman–Crippen LogP) is -1.40. The van der Waals surface area contributed by atoms with Gasteiger partial charge in [-0.2, -0.15) is 0 Å². The lowest BCUT2D eigenvalue weighted by Crippen LogP contribution is -2.61. The molecule has 246 valence electrons. The van der Waals surface area contributed by atoms with Crippen molar-refractivity contribution >= 4 is 41.4 Å². The van der Waals surface area contributed by atoms with E-state index in [-0.39, 0.29) is 18.4 Å². The van der Waals surface area contributed by atoms with Crippen LogP contribution < -0.4 is 37.6 Å². The Morgan fingerprint density at radius 3 is 1.47 bits per heavy atom. The molecule has 0 aliphatic rings. The Labute approximate surface area is 253 Å². The highest BCUT2D eigenvalue weighted by atomic mass is 16.4. The molecule has 0 aromatic carbocycles. The van der Waals surface area contributed by atoms with E-state index < -0.39 is 90.0 Å². The molecule has 43 heavy (non-hydrogen) atoms. The molecule has 9 N–H and O–H groups in total. The minimum Gasteiger partial charge on any atom is -0.480 e. The van der Waals surface area contributed by atoms with Crippen LogP contribution in [0.3, 0.4) is 0 Å². The van der Waals surface area contributed by atoms with Gasteiger partial charge in [0.25, 0.3) is 0 Å². The summed E-state index contributed by atoms with van der Waals surface area (Å²) in [5, 5.41) is 24.1. The van der Waals surface area contributed by atoms with Crippen molar-refractivity contribution in [2.24, 2.45) is 29.4 Å². The Balaban J connectivity index is 5.36. The van der Waals surface area contributed by atoms with Crippen molar-refractivity contribution in [2.45, 2.75) is 98.9 Å². The fraction of sp³-hybridized carbons (Fsp3) is 0.750. The first-order chi connectivity index (χ1) is 19.8. The second kappa shape index (κ2) is 18.7. The van der Waals surface area contributed by atoms with Crippen molar-refractivity contribution < 1.29 is 38.7 Å². The molecule has 0 fully saturated rings. The molecule has 0 rings (SSSR count). The highest BCUT2D eigenvalue weighted by Crippen LogP contribution is 2.12. The maximum atomic E-state index is 13.3. The summed E-state index contributed by atoms with van der Waals surface area (Å²) in [6.07, 6.45) is 0.508. The summed E-state index contributed by atoms with van der Waals surface area (Å²) < 4.78 is 0. The molecule has 0 spiro atoms. The van der Waals surface area contributed by atoms with Gasteiger partial charge in [-0.25, -0.2) is 0 Å². The molecule has 0 saturated heterocycles. The number of amides is 6. The maximum Gasteiger partial charge on any atom is 0.325 e. The van der Waals surface area contributed by atoms with Crippen LogP contribution in [0, 0.1) is 23.7 Å². The third kappa shape index (κ3) is 13.8. The third-order valence-electron chi connectivity index (χ3n) is 6.93. The number of carbonyl (C=O) groups is 7. The monoisotopic (exact) mass is 613 g/mol. The molecule has 6 atom stereocenters. The quantitative estimate of drug-likeness (QED) is 0.0906. The molecular weight excluding hydrogens is 562 g/mol. The summed E-state index contributed by atoms with van der Waals surface area (Å²) in [5.74, 6) is -6.26. The lowest BCUT2D eigenvalue weighted by molar-refractivity contribution is -0.142. The molecule has 0 heterocycles. The number of nitrogens with two attached hydrogens (primary N) is 1. The van der Waals surface area contributed by atoms with E-state index in [0.717, 1.165) is 0 Å². The summed E-state index contributed by atoms with van der Waals surface area (Å²) in [5.41, 5.74) is 5.73. The van der Waals surface area contributed by atoms with Gasteiger partial charge in [0, 0.05) is 0 Å². The molecule has 0 aromatic rings. The van der Waals surface area contributed by atoms with Crippen LogP contribution in [0.15, 0.2) is 0 Å². The Kier molecular flexibility index (Phi) is 17.1. The standard InChI is InChI=1S/C28H51N7O8/c1-10-16(8)23(27(41)32-17(9)28(42)43)35-26(40)22(15(6)7)34-25(39)21(14(4)5)33-19(37)12-30-18(36)11-31-24(38)20(29)13(2)3/h13-17,20-23H,10-12,29H2,1-9H3,(H,30,36)(H,31,38)(H,32,41)(H,33,37)(H,34,39)(H,35,40)(H,42,43)/t16-,17-,20-,21-,22-,23-/m0/s1. The third-order valence-corrected chi connectivity index (χ3v) is 6.93. The van der Waals surface area contributed by atoms with Crippen molar-refractivity contribution in [1.29, 1.82) is 0 Å². The average Bonchev–Trinajstić information content (AvgIpc) is 2.92. The number of carboxylic acid groups (broad SMARTS) is 1. The van der Waals surface area contributed by atoms with E-state index in [1.165, 1.54) is 6.92 Å². The van der Waals surface area contributed by atoms with Gasteiger partial charge in [-0.3, -0.25) is 33.6 Å².